The molecule has 1 aromatic carbocycles. The third-order valence-corrected chi connectivity index (χ3v) is 4.30. The summed E-state index contributed by atoms with van der Waals surface area (Å²) in [6.45, 7) is 3.67. The van der Waals surface area contributed by atoms with Crippen LogP contribution in [0, 0.1) is 6.92 Å². The summed E-state index contributed by atoms with van der Waals surface area (Å²) in [4.78, 5) is 26.5. The highest BCUT2D eigenvalue weighted by molar-refractivity contribution is 6.01. The molecule has 2 aliphatic rings. The molecule has 0 spiro atoms. The molecule has 0 fully saturated rings. The van der Waals surface area contributed by atoms with Gasteiger partial charge in [0.2, 0.25) is 0 Å². The van der Waals surface area contributed by atoms with Crippen molar-refractivity contribution in [1.29, 1.82) is 0 Å². The Kier molecular flexibility index (Phi) is 4.34. The number of aryl methyl sites for hydroxylation is 1. The molecule has 1 aromatic rings. The number of hydrogen-bond donors (Lipinski definition) is 2. The van der Waals surface area contributed by atoms with Gasteiger partial charge in [-0.3, -0.25) is 4.79 Å². The van der Waals surface area contributed by atoms with Gasteiger partial charge in [-0.15, -0.1) is 0 Å². The van der Waals surface area contributed by atoms with Gasteiger partial charge in [0.25, 0.3) is 5.91 Å². The third-order valence-electron chi connectivity index (χ3n) is 4.30. The average Bonchev–Trinajstić information content (AvgIpc) is 2.83. The SMILES string of the molecule is COCCCN1CC2=C(C1=O)C(c1ccccc1C)NC(=O)N2. The summed E-state index contributed by atoms with van der Waals surface area (Å²) in [5.41, 5.74) is 3.37. The van der Waals surface area contributed by atoms with Crippen molar-refractivity contribution in [2.45, 2.75) is 19.4 Å². The van der Waals surface area contributed by atoms with Crippen molar-refractivity contribution >= 4 is 11.9 Å². The summed E-state index contributed by atoms with van der Waals surface area (Å²) in [6, 6.07) is 7.16. The largest absolute Gasteiger partial charge is 0.385 e. The number of nitrogens with zero attached hydrogens (tertiary/aromatic N) is 1. The number of urea groups is 1. The van der Waals surface area contributed by atoms with E-state index in [0.717, 1.165) is 17.5 Å². The van der Waals surface area contributed by atoms with Gasteiger partial charge < -0.3 is 20.3 Å². The van der Waals surface area contributed by atoms with Crippen molar-refractivity contribution in [1.82, 2.24) is 15.5 Å². The third kappa shape index (κ3) is 2.94. The zero-order valence-electron chi connectivity index (χ0n) is 13.4. The topological polar surface area (TPSA) is 70.7 Å². The molecule has 0 bridgehead atoms. The maximum Gasteiger partial charge on any atom is 0.319 e. The van der Waals surface area contributed by atoms with Crippen LogP contribution >= 0.6 is 0 Å². The first kappa shape index (κ1) is 15.6. The zero-order chi connectivity index (χ0) is 16.4. The first-order valence-electron chi connectivity index (χ1n) is 7.76. The summed E-state index contributed by atoms with van der Waals surface area (Å²) in [6.07, 6.45) is 0.777. The van der Waals surface area contributed by atoms with E-state index in [1.807, 2.05) is 31.2 Å². The molecule has 0 saturated heterocycles. The monoisotopic (exact) mass is 315 g/mol. The second-order valence-electron chi connectivity index (χ2n) is 5.85. The normalized spacial score (nSPS) is 20.4. The first-order valence-corrected chi connectivity index (χ1v) is 7.76. The summed E-state index contributed by atoms with van der Waals surface area (Å²) in [5.74, 6) is -0.0168. The van der Waals surface area contributed by atoms with Gasteiger partial charge >= 0.3 is 6.03 Å². The molecule has 122 valence electrons. The minimum atomic E-state index is -0.389. The second kappa shape index (κ2) is 6.42. The van der Waals surface area contributed by atoms with Crippen LogP contribution in [-0.2, 0) is 9.53 Å². The van der Waals surface area contributed by atoms with Crippen LogP contribution in [0.25, 0.3) is 0 Å². The second-order valence-corrected chi connectivity index (χ2v) is 5.85. The van der Waals surface area contributed by atoms with E-state index in [9.17, 15) is 9.59 Å². The Morgan fingerprint density at radius 3 is 2.83 bits per heavy atom. The van der Waals surface area contributed by atoms with Crippen LogP contribution in [0.5, 0.6) is 0 Å². The Labute approximate surface area is 135 Å². The number of nitrogens with one attached hydrogen (secondary N) is 2. The highest BCUT2D eigenvalue weighted by Gasteiger charge is 2.40. The molecule has 6 heteroatoms. The molecule has 0 saturated carbocycles. The van der Waals surface area contributed by atoms with Gasteiger partial charge in [-0.2, -0.15) is 0 Å². The van der Waals surface area contributed by atoms with Crippen LogP contribution in [-0.4, -0.2) is 43.6 Å². The van der Waals surface area contributed by atoms with E-state index in [2.05, 4.69) is 10.6 Å². The summed E-state index contributed by atoms with van der Waals surface area (Å²) in [5, 5.41) is 5.67. The van der Waals surface area contributed by atoms with Gasteiger partial charge in [0.15, 0.2) is 0 Å². The molecule has 6 nitrogen and oxygen atoms in total. The lowest BCUT2D eigenvalue weighted by Crippen LogP contribution is -2.44. The molecular formula is C17H21N3O3. The van der Waals surface area contributed by atoms with E-state index in [1.165, 1.54) is 0 Å². The minimum absolute atomic E-state index is 0.0168. The molecule has 2 heterocycles. The molecule has 0 aliphatic carbocycles. The molecule has 3 rings (SSSR count). The van der Waals surface area contributed by atoms with E-state index in [0.29, 0.717) is 31.0 Å². The van der Waals surface area contributed by atoms with Crippen LogP contribution in [0.15, 0.2) is 35.5 Å². The molecule has 23 heavy (non-hydrogen) atoms. The van der Waals surface area contributed by atoms with Gasteiger partial charge in [0.05, 0.1) is 23.9 Å². The molecule has 0 aromatic heterocycles. The van der Waals surface area contributed by atoms with Crippen molar-refractivity contribution in [3.63, 3.8) is 0 Å². The number of hydrogen-bond acceptors (Lipinski definition) is 3. The van der Waals surface area contributed by atoms with Crippen LogP contribution in [0.3, 0.4) is 0 Å². The highest BCUT2D eigenvalue weighted by atomic mass is 16.5. The van der Waals surface area contributed by atoms with Crippen molar-refractivity contribution in [3.05, 3.63) is 46.7 Å². The van der Waals surface area contributed by atoms with Crippen molar-refractivity contribution in [2.75, 3.05) is 26.8 Å². The van der Waals surface area contributed by atoms with Gasteiger partial charge in [-0.1, -0.05) is 24.3 Å². The molecular weight excluding hydrogens is 294 g/mol. The van der Waals surface area contributed by atoms with Crippen molar-refractivity contribution < 1.29 is 14.3 Å². The van der Waals surface area contributed by atoms with E-state index in [-0.39, 0.29) is 18.0 Å². The zero-order valence-corrected chi connectivity index (χ0v) is 13.4. The van der Waals surface area contributed by atoms with Crippen LogP contribution in [0.2, 0.25) is 0 Å². The van der Waals surface area contributed by atoms with E-state index in [4.69, 9.17) is 4.74 Å². The Morgan fingerprint density at radius 1 is 1.30 bits per heavy atom. The number of amides is 3. The molecule has 1 atom stereocenters. The Bertz CT molecular complexity index is 669. The Morgan fingerprint density at radius 2 is 2.09 bits per heavy atom. The van der Waals surface area contributed by atoms with Crippen molar-refractivity contribution in [3.8, 4) is 0 Å². The van der Waals surface area contributed by atoms with Crippen molar-refractivity contribution in [2.24, 2.45) is 0 Å². The van der Waals surface area contributed by atoms with E-state index < -0.39 is 0 Å². The van der Waals surface area contributed by atoms with E-state index >= 15 is 0 Å². The molecule has 2 N–H and O–H groups in total. The smallest absolute Gasteiger partial charge is 0.319 e. The lowest BCUT2D eigenvalue weighted by atomic mass is 9.93. The lowest BCUT2D eigenvalue weighted by molar-refractivity contribution is -0.125. The number of rotatable bonds is 5. The maximum absolute atomic E-state index is 12.8. The highest BCUT2D eigenvalue weighted by Crippen LogP contribution is 2.33. The van der Waals surface area contributed by atoms with Crippen LogP contribution in [0.1, 0.15) is 23.6 Å². The fraction of sp³-hybridized carbons (Fsp3) is 0.412. The number of carbonyl (C=O) groups is 2. The predicted octanol–water partition coefficient (Wildman–Crippen LogP) is 1.48. The molecule has 3 amide bonds. The Balaban J connectivity index is 1.88. The predicted molar refractivity (Wildman–Crippen MR) is 85.7 cm³/mol. The van der Waals surface area contributed by atoms with Gasteiger partial charge in [-0.05, 0) is 24.5 Å². The van der Waals surface area contributed by atoms with Gasteiger partial charge in [0, 0.05) is 20.3 Å². The Hall–Kier alpha value is -2.34. The standard InChI is InChI=1S/C17H21N3O3/c1-11-6-3-4-7-12(11)15-14-13(18-17(22)19-15)10-20(16(14)21)8-5-9-23-2/h3-4,6-7,15H,5,8-10H2,1-2H3,(H2,18,19,22). The number of methoxy groups -OCH3 is 1. The van der Waals surface area contributed by atoms with E-state index in [1.54, 1.807) is 12.0 Å². The van der Waals surface area contributed by atoms with Crippen LogP contribution < -0.4 is 10.6 Å². The maximum atomic E-state index is 12.8. The molecule has 2 aliphatic heterocycles. The summed E-state index contributed by atoms with van der Waals surface area (Å²) in [7, 11) is 1.65. The van der Waals surface area contributed by atoms with Gasteiger partial charge in [0.1, 0.15) is 0 Å². The number of benzene rings is 1. The fourth-order valence-electron chi connectivity index (χ4n) is 3.15. The minimum Gasteiger partial charge on any atom is -0.385 e. The fourth-order valence-corrected chi connectivity index (χ4v) is 3.15. The lowest BCUT2D eigenvalue weighted by Gasteiger charge is -2.26. The summed E-state index contributed by atoms with van der Waals surface area (Å²) >= 11 is 0. The molecule has 0 radical (unpaired) electrons. The average molecular weight is 315 g/mol. The number of carbonyl (C=O) groups excluding carboxylic acids is 2. The summed E-state index contributed by atoms with van der Waals surface area (Å²) < 4.78 is 5.05. The first-order chi connectivity index (χ1) is 11.1. The number of ether oxygens (including phenoxy) is 1. The van der Waals surface area contributed by atoms with Crippen LogP contribution in [0.4, 0.5) is 4.79 Å². The van der Waals surface area contributed by atoms with Gasteiger partial charge in [-0.25, -0.2) is 4.79 Å². The quantitative estimate of drug-likeness (QED) is 0.809. The molecule has 1 unspecified atom stereocenters.